The van der Waals surface area contributed by atoms with Crippen molar-refractivity contribution in [2.45, 2.75) is 45.4 Å². The average Bonchev–Trinajstić information content (AvgIpc) is 3.35. The highest BCUT2D eigenvalue weighted by Gasteiger charge is 2.27. The van der Waals surface area contributed by atoms with Crippen LogP contribution in [-0.2, 0) is 11.2 Å². The van der Waals surface area contributed by atoms with E-state index in [9.17, 15) is 4.79 Å². The van der Waals surface area contributed by atoms with Gasteiger partial charge in [0.1, 0.15) is 0 Å². The minimum absolute atomic E-state index is 0.0835. The third-order valence-corrected chi connectivity index (χ3v) is 4.98. The molecule has 0 radical (unpaired) electrons. The van der Waals surface area contributed by atoms with Crippen molar-refractivity contribution < 1.29 is 13.8 Å². The lowest BCUT2D eigenvalue weighted by atomic mass is 9.97. The smallest absolute Gasteiger partial charge is 0.227 e. The molecule has 8 nitrogen and oxygen atoms in total. The van der Waals surface area contributed by atoms with Crippen LogP contribution in [-0.4, -0.2) is 44.2 Å². The van der Waals surface area contributed by atoms with E-state index in [2.05, 4.69) is 20.3 Å². The van der Waals surface area contributed by atoms with Gasteiger partial charge in [0, 0.05) is 44.3 Å². The van der Waals surface area contributed by atoms with Gasteiger partial charge in [0.15, 0.2) is 5.82 Å². The molecule has 0 unspecified atom stereocenters. The van der Waals surface area contributed by atoms with Crippen molar-refractivity contribution in [2.24, 2.45) is 0 Å². The van der Waals surface area contributed by atoms with E-state index in [-0.39, 0.29) is 11.8 Å². The number of aromatic nitrogens is 4. The second-order valence-corrected chi connectivity index (χ2v) is 7.23. The summed E-state index contributed by atoms with van der Waals surface area (Å²) in [7, 11) is 0. The van der Waals surface area contributed by atoms with E-state index in [0.29, 0.717) is 42.8 Å². The summed E-state index contributed by atoms with van der Waals surface area (Å²) in [4.78, 5) is 23.3. The van der Waals surface area contributed by atoms with Crippen molar-refractivity contribution in [1.29, 1.82) is 0 Å². The number of carbonyl (C=O) groups excluding carboxylic acids is 1. The van der Waals surface area contributed by atoms with Gasteiger partial charge in [-0.2, -0.15) is 9.97 Å². The molecular formula is C20H23N5O3. The Kier molecular flexibility index (Phi) is 5.18. The zero-order valence-corrected chi connectivity index (χ0v) is 16.1. The van der Waals surface area contributed by atoms with Crippen molar-refractivity contribution >= 4 is 5.91 Å². The van der Waals surface area contributed by atoms with Crippen molar-refractivity contribution in [3.05, 3.63) is 47.4 Å². The third kappa shape index (κ3) is 4.11. The Labute approximate surface area is 162 Å². The average molecular weight is 381 g/mol. The van der Waals surface area contributed by atoms with Crippen molar-refractivity contribution in [3.63, 3.8) is 0 Å². The zero-order valence-electron chi connectivity index (χ0n) is 16.1. The molecule has 8 heteroatoms. The van der Waals surface area contributed by atoms with Crippen LogP contribution < -0.4 is 0 Å². The van der Waals surface area contributed by atoms with Crippen LogP contribution in [0, 0.1) is 13.8 Å². The monoisotopic (exact) mass is 381 g/mol. The second kappa shape index (κ2) is 7.92. The quantitative estimate of drug-likeness (QED) is 0.670. The molecule has 1 aliphatic rings. The summed E-state index contributed by atoms with van der Waals surface area (Å²) >= 11 is 0. The van der Waals surface area contributed by atoms with E-state index >= 15 is 0 Å². The number of amides is 1. The van der Waals surface area contributed by atoms with Gasteiger partial charge in [0.05, 0.1) is 0 Å². The third-order valence-electron chi connectivity index (χ3n) is 4.98. The summed E-state index contributed by atoms with van der Waals surface area (Å²) in [5.74, 6) is 2.49. The normalized spacial score (nSPS) is 17.1. The van der Waals surface area contributed by atoms with E-state index in [1.54, 1.807) is 6.92 Å². The summed E-state index contributed by atoms with van der Waals surface area (Å²) in [6, 6.07) is 7.93. The number of likely N-dealkylation sites (tertiary alicyclic amines) is 1. The predicted molar refractivity (Wildman–Crippen MR) is 100 cm³/mol. The number of piperidine rings is 1. The van der Waals surface area contributed by atoms with Gasteiger partial charge in [-0.05, 0) is 25.8 Å². The summed E-state index contributed by atoms with van der Waals surface area (Å²) in [6.07, 6.45) is 2.67. The lowest BCUT2D eigenvalue weighted by Crippen LogP contribution is -2.39. The standard InChI is InChI=1S/C20H23N5O3/c1-13-5-3-6-15(11-13)19-22-17(28-24-19)8-9-18(26)25-10-4-7-16(12-25)20-21-14(2)27-23-20/h3,5-6,11,16H,4,7-10,12H2,1-2H3/t16-/m0/s1. The Morgan fingerprint density at radius 1 is 1.21 bits per heavy atom. The lowest BCUT2D eigenvalue weighted by Gasteiger charge is -2.31. The van der Waals surface area contributed by atoms with Crippen LogP contribution in [0.25, 0.3) is 11.4 Å². The van der Waals surface area contributed by atoms with Crippen molar-refractivity contribution in [1.82, 2.24) is 25.2 Å². The van der Waals surface area contributed by atoms with Gasteiger partial charge >= 0.3 is 0 Å². The number of nitrogens with zero attached hydrogens (tertiary/aromatic N) is 5. The number of hydrogen-bond donors (Lipinski definition) is 0. The molecule has 3 aromatic rings. The molecule has 1 aromatic carbocycles. The minimum Gasteiger partial charge on any atom is -0.342 e. The molecule has 4 rings (SSSR count). The molecule has 0 spiro atoms. The van der Waals surface area contributed by atoms with Crippen LogP contribution in [0.4, 0.5) is 0 Å². The molecule has 2 aromatic heterocycles. The first-order valence-corrected chi connectivity index (χ1v) is 9.56. The Hall–Kier alpha value is -3.03. The summed E-state index contributed by atoms with van der Waals surface area (Å²) in [5, 5.41) is 8.04. The van der Waals surface area contributed by atoms with E-state index < -0.39 is 0 Å². The molecule has 0 saturated carbocycles. The Balaban J connectivity index is 1.34. The molecule has 1 atom stereocenters. The van der Waals surface area contributed by atoms with Gasteiger partial charge < -0.3 is 13.9 Å². The van der Waals surface area contributed by atoms with E-state index in [1.165, 1.54) is 0 Å². The van der Waals surface area contributed by atoms with Crippen LogP contribution in [0.5, 0.6) is 0 Å². The fraction of sp³-hybridized carbons (Fsp3) is 0.450. The second-order valence-electron chi connectivity index (χ2n) is 7.23. The summed E-state index contributed by atoms with van der Waals surface area (Å²) < 4.78 is 10.4. The number of carbonyl (C=O) groups is 1. The van der Waals surface area contributed by atoms with E-state index in [1.807, 2.05) is 36.1 Å². The fourth-order valence-electron chi connectivity index (χ4n) is 3.52. The van der Waals surface area contributed by atoms with Gasteiger partial charge in [0.2, 0.25) is 23.5 Å². The molecule has 1 fully saturated rings. The molecule has 0 bridgehead atoms. The number of rotatable bonds is 5. The Bertz CT molecular complexity index is 964. The largest absolute Gasteiger partial charge is 0.342 e. The SMILES string of the molecule is Cc1cccc(-c2noc(CCC(=O)N3CCC[C@H](c4noc(C)n4)C3)n2)c1. The summed E-state index contributed by atoms with van der Waals surface area (Å²) in [6.45, 7) is 5.17. The first-order valence-electron chi connectivity index (χ1n) is 9.56. The Morgan fingerprint density at radius 3 is 2.89 bits per heavy atom. The number of aryl methyl sites for hydroxylation is 3. The minimum atomic E-state index is 0.0835. The van der Waals surface area contributed by atoms with Crippen LogP contribution in [0.1, 0.15) is 48.3 Å². The first kappa shape index (κ1) is 18.3. The molecule has 0 aliphatic carbocycles. The van der Waals surface area contributed by atoms with Gasteiger partial charge in [-0.15, -0.1) is 0 Å². The lowest BCUT2D eigenvalue weighted by molar-refractivity contribution is -0.132. The molecule has 1 amide bonds. The maximum atomic E-state index is 12.6. The maximum Gasteiger partial charge on any atom is 0.227 e. The maximum absolute atomic E-state index is 12.6. The predicted octanol–water partition coefficient (Wildman–Crippen LogP) is 3.08. The van der Waals surface area contributed by atoms with Gasteiger partial charge in [-0.3, -0.25) is 4.79 Å². The number of hydrogen-bond acceptors (Lipinski definition) is 7. The van der Waals surface area contributed by atoms with Crippen molar-refractivity contribution in [2.75, 3.05) is 13.1 Å². The van der Waals surface area contributed by atoms with E-state index in [0.717, 1.165) is 30.5 Å². The molecule has 28 heavy (non-hydrogen) atoms. The highest BCUT2D eigenvalue weighted by atomic mass is 16.5. The Morgan fingerprint density at radius 2 is 2.11 bits per heavy atom. The molecule has 1 saturated heterocycles. The van der Waals surface area contributed by atoms with Gasteiger partial charge in [0.25, 0.3) is 0 Å². The number of benzene rings is 1. The van der Waals surface area contributed by atoms with E-state index in [4.69, 9.17) is 9.05 Å². The highest BCUT2D eigenvalue weighted by Crippen LogP contribution is 2.25. The summed E-state index contributed by atoms with van der Waals surface area (Å²) in [5.41, 5.74) is 2.05. The topological polar surface area (TPSA) is 98.2 Å². The molecular weight excluding hydrogens is 358 g/mol. The molecule has 146 valence electrons. The first-order chi connectivity index (χ1) is 13.6. The van der Waals surface area contributed by atoms with Crippen LogP contribution in [0.15, 0.2) is 33.3 Å². The van der Waals surface area contributed by atoms with Crippen LogP contribution >= 0.6 is 0 Å². The molecule has 1 aliphatic heterocycles. The van der Waals surface area contributed by atoms with Crippen LogP contribution in [0.3, 0.4) is 0 Å². The molecule has 0 N–H and O–H groups in total. The molecule has 3 heterocycles. The zero-order chi connectivity index (χ0) is 19.5. The van der Waals surface area contributed by atoms with Gasteiger partial charge in [-0.25, -0.2) is 0 Å². The van der Waals surface area contributed by atoms with Crippen molar-refractivity contribution in [3.8, 4) is 11.4 Å². The fourth-order valence-corrected chi connectivity index (χ4v) is 3.52. The van der Waals surface area contributed by atoms with Gasteiger partial charge in [-0.1, -0.05) is 34.1 Å². The highest BCUT2D eigenvalue weighted by molar-refractivity contribution is 5.76. The van der Waals surface area contributed by atoms with Crippen LogP contribution in [0.2, 0.25) is 0 Å².